The lowest BCUT2D eigenvalue weighted by molar-refractivity contribution is -0.0463. The van der Waals surface area contributed by atoms with Gasteiger partial charge in [-0.15, -0.1) is 0 Å². The second-order valence-corrected chi connectivity index (χ2v) is 8.12. The fourth-order valence-electron chi connectivity index (χ4n) is 4.20. The summed E-state index contributed by atoms with van der Waals surface area (Å²) in [5.41, 5.74) is 2.43. The first-order valence-corrected chi connectivity index (χ1v) is 10.7. The SMILES string of the molecule is c1ccc2cc(COC3CNCC(OCc4ccc5ccccc5c4)C3)ccc2c1. The topological polar surface area (TPSA) is 30.5 Å². The summed E-state index contributed by atoms with van der Waals surface area (Å²) in [6.07, 6.45) is 1.27. The zero-order chi connectivity index (χ0) is 20.2. The van der Waals surface area contributed by atoms with E-state index in [0.29, 0.717) is 13.2 Å². The van der Waals surface area contributed by atoms with Crippen LogP contribution >= 0.6 is 0 Å². The third-order valence-corrected chi connectivity index (χ3v) is 5.87. The average molecular weight is 398 g/mol. The van der Waals surface area contributed by atoms with Crippen molar-refractivity contribution in [3.63, 3.8) is 0 Å². The summed E-state index contributed by atoms with van der Waals surface area (Å²) in [4.78, 5) is 0. The molecule has 30 heavy (non-hydrogen) atoms. The van der Waals surface area contributed by atoms with E-state index in [4.69, 9.17) is 9.47 Å². The number of rotatable bonds is 6. The van der Waals surface area contributed by atoms with Gasteiger partial charge in [-0.3, -0.25) is 0 Å². The first kappa shape index (κ1) is 19.3. The lowest BCUT2D eigenvalue weighted by atomic mass is 10.1. The van der Waals surface area contributed by atoms with Crippen LogP contribution in [0.15, 0.2) is 84.9 Å². The molecule has 0 spiro atoms. The van der Waals surface area contributed by atoms with Crippen LogP contribution in [0.1, 0.15) is 17.5 Å². The molecule has 0 radical (unpaired) electrons. The molecule has 4 aromatic carbocycles. The third kappa shape index (κ3) is 4.54. The zero-order valence-electron chi connectivity index (χ0n) is 17.1. The molecule has 3 nitrogen and oxygen atoms in total. The molecule has 1 saturated heterocycles. The van der Waals surface area contributed by atoms with E-state index < -0.39 is 0 Å². The lowest BCUT2D eigenvalue weighted by Gasteiger charge is -2.30. The monoisotopic (exact) mass is 397 g/mol. The average Bonchev–Trinajstić information content (AvgIpc) is 2.81. The third-order valence-electron chi connectivity index (χ3n) is 5.87. The van der Waals surface area contributed by atoms with Gasteiger partial charge in [0.15, 0.2) is 0 Å². The first-order valence-electron chi connectivity index (χ1n) is 10.7. The summed E-state index contributed by atoms with van der Waals surface area (Å²) in [6.45, 7) is 3.02. The molecule has 3 heteroatoms. The van der Waals surface area contributed by atoms with E-state index in [9.17, 15) is 0 Å². The second kappa shape index (κ2) is 8.97. The summed E-state index contributed by atoms with van der Waals surface area (Å²) >= 11 is 0. The molecule has 2 atom stereocenters. The molecule has 1 aliphatic rings. The number of hydrogen-bond acceptors (Lipinski definition) is 3. The van der Waals surface area contributed by atoms with Crippen molar-refractivity contribution in [2.75, 3.05) is 13.1 Å². The van der Waals surface area contributed by atoms with E-state index in [1.54, 1.807) is 0 Å². The highest BCUT2D eigenvalue weighted by molar-refractivity contribution is 5.83. The largest absolute Gasteiger partial charge is 0.372 e. The van der Waals surface area contributed by atoms with Gasteiger partial charge in [0.25, 0.3) is 0 Å². The smallest absolute Gasteiger partial charge is 0.0729 e. The summed E-state index contributed by atoms with van der Waals surface area (Å²) in [7, 11) is 0. The Balaban J connectivity index is 1.15. The fourth-order valence-corrected chi connectivity index (χ4v) is 4.20. The van der Waals surface area contributed by atoms with Gasteiger partial charge in [0, 0.05) is 19.5 Å². The Morgan fingerprint density at radius 3 is 1.57 bits per heavy atom. The Hall–Kier alpha value is -2.72. The van der Waals surface area contributed by atoms with Crippen LogP contribution < -0.4 is 5.32 Å². The van der Waals surface area contributed by atoms with Gasteiger partial charge in [-0.2, -0.15) is 0 Å². The van der Waals surface area contributed by atoms with Crippen LogP contribution in [0, 0.1) is 0 Å². The van der Waals surface area contributed by atoms with Crippen LogP contribution in [0.5, 0.6) is 0 Å². The predicted molar refractivity (Wildman–Crippen MR) is 123 cm³/mol. The van der Waals surface area contributed by atoms with Crippen molar-refractivity contribution in [2.45, 2.75) is 31.8 Å². The molecule has 0 aromatic heterocycles. The van der Waals surface area contributed by atoms with E-state index in [2.05, 4.69) is 90.2 Å². The Morgan fingerprint density at radius 2 is 1.07 bits per heavy atom. The second-order valence-electron chi connectivity index (χ2n) is 8.12. The molecular weight excluding hydrogens is 370 g/mol. The number of nitrogens with one attached hydrogen (secondary N) is 1. The zero-order valence-corrected chi connectivity index (χ0v) is 17.1. The minimum absolute atomic E-state index is 0.173. The molecule has 5 rings (SSSR count). The van der Waals surface area contributed by atoms with E-state index in [-0.39, 0.29) is 12.2 Å². The van der Waals surface area contributed by atoms with Gasteiger partial charge in [0.1, 0.15) is 0 Å². The van der Waals surface area contributed by atoms with Crippen molar-refractivity contribution in [1.82, 2.24) is 5.32 Å². The molecular formula is C27H27NO2. The molecule has 2 unspecified atom stereocenters. The van der Waals surface area contributed by atoms with E-state index >= 15 is 0 Å². The highest BCUT2D eigenvalue weighted by atomic mass is 16.5. The summed E-state index contributed by atoms with van der Waals surface area (Å²) in [5, 5.41) is 8.52. The van der Waals surface area contributed by atoms with Crippen LogP contribution in [-0.4, -0.2) is 25.3 Å². The van der Waals surface area contributed by atoms with Crippen LogP contribution in [0.2, 0.25) is 0 Å². The van der Waals surface area contributed by atoms with Crippen molar-refractivity contribution in [1.29, 1.82) is 0 Å². The molecule has 152 valence electrons. The van der Waals surface area contributed by atoms with Gasteiger partial charge >= 0.3 is 0 Å². The number of benzene rings is 4. The number of fused-ring (bicyclic) bond motifs is 2. The van der Waals surface area contributed by atoms with Crippen LogP contribution in [-0.2, 0) is 22.7 Å². The van der Waals surface area contributed by atoms with Crippen LogP contribution in [0.4, 0.5) is 0 Å². The van der Waals surface area contributed by atoms with Crippen molar-refractivity contribution in [3.05, 3.63) is 96.1 Å². The predicted octanol–water partition coefficient (Wildman–Crippen LogP) is 5.46. The minimum atomic E-state index is 0.173. The summed E-state index contributed by atoms with van der Waals surface area (Å²) < 4.78 is 12.4. The maximum Gasteiger partial charge on any atom is 0.0729 e. The summed E-state index contributed by atoms with van der Waals surface area (Å²) in [5.74, 6) is 0. The summed E-state index contributed by atoms with van der Waals surface area (Å²) in [6, 6.07) is 30.0. The quantitative estimate of drug-likeness (QED) is 0.469. The molecule has 0 aliphatic carbocycles. The van der Waals surface area contributed by atoms with Crippen LogP contribution in [0.25, 0.3) is 21.5 Å². The first-order chi connectivity index (χ1) is 14.8. The standard InChI is InChI=1S/C27H27NO2/c1-3-7-24-13-20(9-11-22(24)5-1)18-29-26-15-27(17-28-16-26)30-19-21-10-12-23-6-2-4-8-25(23)14-21/h1-14,26-28H,15-19H2. The maximum absolute atomic E-state index is 6.22. The highest BCUT2D eigenvalue weighted by Gasteiger charge is 2.23. The molecule has 1 aliphatic heterocycles. The van der Waals surface area contributed by atoms with Crippen molar-refractivity contribution >= 4 is 21.5 Å². The molecule has 1 N–H and O–H groups in total. The van der Waals surface area contributed by atoms with E-state index in [1.165, 1.54) is 32.7 Å². The number of hydrogen-bond donors (Lipinski definition) is 1. The molecule has 0 bridgehead atoms. The number of ether oxygens (including phenoxy) is 2. The van der Waals surface area contributed by atoms with Gasteiger partial charge in [-0.05, 0) is 44.8 Å². The number of piperidine rings is 1. The van der Waals surface area contributed by atoms with Gasteiger partial charge in [-0.25, -0.2) is 0 Å². The molecule has 1 fully saturated rings. The maximum atomic E-state index is 6.22. The van der Waals surface area contributed by atoms with Gasteiger partial charge in [0.2, 0.25) is 0 Å². The fraction of sp³-hybridized carbons (Fsp3) is 0.259. The van der Waals surface area contributed by atoms with Gasteiger partial charge in [0.05, 0.1) is 25.4 Å². The van der Waals surface area contributed by atoms with Crippen molar-refractivity contribution < 1.29 is 9.47 Å². The van der Waals surface area contributed by atoms with Gasteiger partial charge < -0.3 is 14.8 Å². The molecule has 0 amide bonds. The van der Waals surface area contributed by atoms with E-state index in [0.717, 1.165) is 19.5 Å². The molecule has 0 saturated carbocycles. The Bertz CT molecular complexity index is 1050. The highest BCUT2D eigenvalue weighted by Crippen LogP contribution is 2.20. The van der Waals surface area contributed by atoms with E-state index in [1.807, 2.05) is 0 Å². The minimum Gasteiger partial charge on any atom is -0.372 e. The lowest BCUT2D eigenvalue weighted by Crippen LogP contribution is -2.44. The normalized spacial score (nSPS) is 19.3. The van der Waals surface area contributed by atoms with Gasteiger partial charge in [-0.1, -0.05) is 72.8 Å². The van der Waals surface area contributed by atoms with Crippen LogP contribution in [0.3, 0.4) is 0 Å². The van der Waals surface area contributed by atoms with Crippen molar-refractivity contribution in [2.24, 2.45) is 0 Å². The molecule has 1 heterocycles. The Kier molecular flexibility index (Phi) is 5.76. The molecule has 4 aromatic rings. The van der Waals surface area contributed by atoms with Crippen molar-refractivity contribution in [3.8, 4) is 0 Å². The Morgan fingerprint density at radius 1 is 0.600 bits per heavy atom. The Labute approximate surface area is 177 Å².